The van der Waals surface area contributed by atoms with Crippen LogP contribution in [0.1, 0.15) is 31.2 Å². The van der Waals surface area contributed by atoms with Gasteiger partial charge < -0.3 is 20.5 Å². The smallest absolute Gasteiger partial charge is 0.223 e. The number of ether oxygens (including phenoxy) is 1. The molecule has 5 rings (SSSR count). The number of fused-ring (bicyclic) bond motifs is 1. The number of hydrogen-bond acceptors (Lipinski definition) is 8. The van der Waals surface area contributed by atoms with Crippen LogP contribution in [0.4, 0.5) is 17.5 Å². The van der Waals surface area contributed by atoms with Crippen LogP contribution in [0.5, 0.6) is 5.75 Å². The first-order chi connectivity index (χ1) is 16.2. The quantitative estimate of drug-likeness (QED) is 0.385. The van der Waals surface area contributed by atoms with E-state index < -0.39 is 0 Å². The average molecular weight is 443 g/mol. The van der Waals surface area contributed by atoms with Crippen molar-refractivity contribution < 1.29 is 9.84 Å². The van der Waals surface area contributed by atoms with Crippen molar-refractivity contribution in [3.05, 3.63) is 72.7 Å². The lowest BCUT2D eigenvalue weighted by molar-refractivity contribution is 0.126. The Morgan fingerprint density at radius 1 is 0.909 bits per heavy atom. The van der Waals surface area contributed by atoms with Crippen molar-refractivity contribution in [3.8, 4) is 5.75 Å². The zero-order chi connectivity index (χ0) is 22.5. The van der Waals surface area contributed by atoms with Gasteiger partial charge in [0.15, 0.2) is 5.82 Å². The maximum Gasteiger partial charge on any atom is 0.223 e. The molecule has 1 saturated carbocycles. The highest BCUT2D eigenvalue weighted by Gasteiger charge is 2.20. The molecular formula is C25H26N6O2. The Bertz CT molecular complexity index is 1190. The summed E-state index contributed by atoms with van der Waals surface area (Å²) in [6.45, 7) is 0.525. The molecule has 33 heavy (non-hydrogen) atoms. The van der Waals surface area contributed by atoms with Gasteiger partial charge in [0.25, 0.3) is 0 Å². The molecule has 0 saturated heterocycles. The molecule has 2 aromatic heterocycles. The molecule has 0 spiro atoms. The van der Waals surface area contributed by atoms with Crippen molar-refractivity contribution in [2.75, 3.05) is 10.6 Å². The van der Waals surface area contributed by atoms with Gasteiger partial charge in [0.05, 0.1) is 12.3 Å². The van der Waals surface area contributed by atoms with Crippen LogP contribution in [0.2, 0.25) is 0 Å². The van der Waals surface area contributed by atoms with Crippen LogP contribution in [0, 0.1) is 0 Å². The van der Waals surface area contributed by atoms with Gasteiger partial charge in [0.1, 0.15) is 29.7 Å². The number of anilines is 3. The summed E-state index contributed by atoms with van der Waals surface area (Å²) in [5, 5.41) is 16.4. The zero-order valence-electron chi connectivity index (χ0n) is 18.2. The lowest BCUT2D eigenvalue weighted by atomic mass is 9.93. The standard InChI is InChI=1S/C25H26N6O2/c32-20-10-6-19(7-11-20)30-25-26-14-22-23(31-25)24(28-16-27-22)29-18-8-12-21(13-9-18)33-15-17-4-2-1-3-5-17/h1-5,8-9,12-14,16,19-20,32H,6-7,10-11,15H2,(H,26,30,31)(H,27,28,29). The van der Waals surface area contributed by atoms with Gasteiger partial charge in [-0.25, -0.2) is 19.9 Å². The van der Waals surface area contributed by atoms with Crippen LogP contribution in [-0.2, 0) is 6.61 Å². The number of rotatable bonds is 7. The number of benzene rings is 2. The summed E-state index contributed by atoms with van der Waals surface area (Å²) in [4.78, 5) is 17.8. The van der Waals surface area contributed by atoms with Crippen molar-refractivity contribution >= 4 is 28.5 Å². The largest absolute Gasteiger partial charge is 0.489 e. The first-order valence-corrected chi connectivity index (χ1v) is 11.2. The van der Waals surface area contributed by atoms with Crippen LogP contribution in [-0.4, -0.2) is 37.2 Å². The second-order valence-corrected chi connectivity index (χ2v) is 8.22. The Labute approximate surface area is 192 Å². The first kappa shape index (κ1) is 21.1. The van der Waals surface area contributed by atoms with E-state index in [2.05, 4.69) is 30.6 Å². The van der Waals surface area contributed by atoms with Crippen LogP contribution in [0.3, 0.4) is 0 Å². The Morgan fingerprint density at radius 2 is 1.70 bits per heavy atom. The molecule has 8 nitrogen and oxygen atoms in total. The molecule has 0 radical (unpaired) electrons. The molecule has 3 N–H and O–H groups in total. The van der Waals surface area contributed by atoms with Gasteiger partial charge >= 0.3 is 0 Å². The van der Waals surface area contributed by atoms with E-state index >= 15 is 0 Å². The van der Waals surface area contributed by atoms with Gasteiger partial charge in [-0.3, -0.25) is 0 Å². The third-order valence-corrected chi connectivity index (χ3v) is 5.77. The molecule has 1 aliphatic carbocycles. The minimum Gasteiger partial charge on any atom is -0.489 e. The maximum atomic E-state index is 9.72. The summed E-state index contributed by atoms with van der Waals surface area (Å²) in [7, 11) is 0. The Balaban J connectivity index is 1.28. The van der Waals surface area contributed by atoms with E-state index in [1.54, 1.807) is 6.20 Å². The lowest BCUT2D eigenvalue weighted by Gasteiger charge is -2.26. The summed E-state index contributed by atoms with van der Waals surface area (Å²) in [5.74, 6) is 1.96. The molecule has 168 valence electrons. The second kappa shape index (κ2) is 9.79. The number of nitrogens with zero attached hydrogens (tertiary/aromatic N) is 4. The monoisotopic (exact) mass is 442 g/mol. The van der Waals surface area contributed by atoms with E-state index in [-0.39, 0.29) is 12.1 Å². The number of aliphatic hydroxyl groups is 1. The van der Waals surface area contributed by atoms with Crippen molar-refractivity contribution in [2.24, 2.45) is 0 Å². The Hall–Kier alpha value is -3.78. The Kier molecular flexibility index (Phi) is 6.25. The van der Waals surface area contributed by atoms with E-state index in [0.717, 1.165) is 42.7 Å². The molecule has 0 amide bonds. The molecule has 1 fully saturated rings. The van der Waals surface area contributed by atoms with Crippen molar-refractivity contribution in [1.82, 2.24) is 19.9 Å². The third kappa shape index (κ3) is 5.35. The van der Waals surface area contributed by atoms with E-state index in [9.17, 15) is 5.11 Å². The highest BCUT2D eigenvalue weighted by atomic mass is 16.5. The molecule has 2 heterocycles. The minimum atomic E-state index is -0.195. The summed E-state index contributed by atoms with van der Waals surface area (Å²) in [6.07, 6.45) is 6.41. The average Bonchev–Trinajstić information content (AvgIpc) is 2.86. The molecule has 2 aromatic carbocycles. The van der Waals surface area contributed by atoms with Crippen molar-refractivity contribution in [1.29, 1.82) is 0 Å². The molecule has 0 unspecified atom stereocenters. The SMILES string of the molecule is OC1CCC(Nc2ncc3ncnc(Nc4ccc(OCc5ccccc5)cc4)c3n2)CC1. The van der Waals surface area contributed by atoms with E-state index in [4.69, 9.17) is 4.74 Å². The molecule has 0 bridgehead atoms. The molecule has 0 aliphatic heterocycles. The molecule has 8 heteroatoms. The summed E-state index contributed by atoms with van der Waals surface area (Å²) in [6, 6.07) is 18.1. The molecule has 1 aliphatic rings. The van der Waals surface area contributed by atoms with Gasteiger partial charge in [0.2, 0.25) is 5.95 Å². The van der Waals surface area contributed by atoms with E-state index in [0.29, 0.717) is 29.4 Å². The Morgan fingerprint density at radius 3 is 2.48 bits per heavy atom. The maximum absolute atomic E-state index is 9.72. The summed E-state index contributed by atoms with van der Waals surface area (Å²) in [5.41, 5.74) is 3.31. The van der Waals surface area contributed by atoms with Gasteiger partial charge in [-0.2, -0.15) is 0 Å². The van der Waals surface area contributed by atoms with Gasteiger partial charge in [-0.15, -0.1) is 0 Å². The molecular weight excluding hydrogens is 416 g/mol. The van der Waals surface area contributed by atoms with Crippen LogP contribution in [0.15, 0.2) is 67.1 Å². The highest BCUT2D eigenvalue weighted by Crippen LogP contribution is 2.25. The second-order valence-electron chi connectivity index (χ2n) is 8.22. The molecule has 4 aromatic rings. The first-order valence-electron chi connectivity index (χ1n) is 11.2. The normalized spacial score (nSPS) is 18.1. The minimum absolute atomic E-state index is 0.195. The fourth-order valence-electron chi connectivity index (χ4n) is 3.93. The fourth-order valence-corrected chi connectivity index (χ4v) is 3.93. The van der Waals surface area contributed by atoms with Crippen LogP contribution in [0.25, 0.3) is 11.0 Å². The van der Waals surface area contributed by atoms with E-state index in [1.165, 1.54) is 6.33 Å². The number of aromatic nitrogens is 4. The predicted molar refractivity (Wildman–Crippen MR) is 128 cm³/mol. The topological polar surface area (TPSA) is 105 Å². The predicted octanol–water partition coefficient (Wildman–Crippen LogP) is 4.46. The third-order valence-electron chi connectivity index (χ3n) is 5.77. The van der Waals surface area contributed by atoms with Crippen molar-refractivity contribution in [2.45, 2.75) is 44.4 Å². The van der Waals surface area contributed by atoms with Crippen LogP contribution < -0.4 is 15.4 Å². The lowest BCUT2D eigenvalue weighted by Crippen LogP contribution is -2.28. The molecule has 0 atom stereocenters. The van der Waals surface area contributed by atoms with Gasteiger partial charge in [-0.1, -0.05) is 30.3 Å². The fraction of sp³-hybridized carbons (Fsp3) is 0.280. The van der Waals surface area contributed by atoms with Crippen molar-refractivity contribution in [3.63, 3.8) is 0 Å². The number of hydrogen-bond donors (Lipinski definition) is 3. The zero-order valence-corrected chi connectivity index (χ0v) is 18.2. The number of aliphatic hydroxyl groups excluding tert-OH is 1. The summed E-state index contributed by atoms with van der Waals surface area (Å²) >= 11 is 0. The van der Waals surface area contributed by atoms with Crippen LogP contribution >= 0.6 is 0 Å². The van der Waals surface area contributed by atoms with Gasteiger partial charge in [-0.05, 0) is 55.5 Å². The summed E-state index contributed by atoms with van der Waals surface area (Å²) < 4.78 is 5.86. The number of nitrogens with one attached hydrogen (secondary N) is 2. The van der Waals surface area contributed by atoms with Gasteiger partial charge in [0, 0.05) is 11.7 Å². The highest BCUT2D eigenvalue weighted by molar-refractivity contribution is 5.87. The van der Waals surface area contributed by atoms with E-state index in [1.807, 2.05) is 54.6 Å².